The lowest BCUT2D eigenvalue weighted by molar-refractivity contribution is 0.0945. The molecule has 1 aliphatic rings. The second-order valence-corrected chi connectivity index (χ2v) is 7.52. The highest BCUT2D eigenvalue weighted by atomic mass is 32.1. The third-order valence-corrected chi connectivity index (χ3v) is 5.81. The first-order valence-electron chi connectivity index (χ1n) is 8.82. The summed E-state index contributed by atoms with van der Waals surface area (Å²) in [6.07, 6.45) is 5.42. The normalized spacial score (nSPS) is 13.6. The highest BCUT2D eigenvalue weighted by Crippen LogP contribution is 2.33. The summed E-state index contributed by atoms with van der Waals surface area (Å²) >= 11 is 1.48. The molecule has 1 aliphatic carbocycles. The second kappa shape index (κ2) is 7.43. The fourth-order valence-electron chi connectivity index (χ4n) is 3.26. The van der Waals surface area contributed by atoms with E-state index in [1.807, 2.05) is 0 Å². The highest BCUT2D eigenvalue weighted by molar-refractivity contribution is 7.18. The molecule has 0 radical (unpaired) electrons. The van der Waals surface area contributed by atoms with Gasteiger partial charge in [-0.25, -0.2) is 10.4 Å². The van der Waals surface area contributed by atoms with Gasteiger partial charge >= 0.3 is 5.91 Å². The number of methoxy groups -OCH3 is 1. The van der Waals surface area contributed by atoms with Crippen LogP contribution in [0, 0.1) is 0 Å². The van der Waals surface area contributed by atoms with Crippen molar-refractivity contribution in [1.29, 1.82) is 0 Å². The number of hydrazone groups is 1. The number of benzene rings is 1. The Balaban J connectivity index is 1.55. The summed E-state index contributed by atoms with van der Waals surface area (Å²) in [4.78, 5) is 33.5. The molecule has 0 fully saturated rings. The molecule has 3 aromatic rings. The number of H-pyrrole nitrogens is 1. The lowest BCUT2D eigenvalue weighted by atomic mass is 9.97. The summed E-state index contributed by atoms with van der Waals surface area (Å²) in [5.74, 6) is -0.366. The molecule has 2 heterocycles. The first-order valence-corrected chi connectivity index (χ1v) is 9.63. The summed E-state index contributed by atoms with van der Waals surface area (Å²) in [7, 11) is 1.44. The number of nitrogens with zero attached hydrogens (tertiary/aromatic N) is 2. The Hall–Kier alpha value is -3.20. The fourth-order valence-corrected chi connectivity index (χ4v) is 4.53. The number of carbonyl (C=O) groups excluding carboxylic acids is 1. The zero-order valence-electron chi connectivity index (χ0n) is 15.1. The number of aromatic nitrogens is 2. The van der Waals surface area contributed by atoms with Crippen molar-refractivity contribution in [1.82, 2.24) is 15.4 Å². The number of aromatic amines is 1. The zero-order valence-corrected chi connectivity index (χ0v) is 15.9. The largest absolute Gasteiger partial charge is 0.504 e. The molecule has 0 unspecified atom stereocenters. The van der Waals surface area contributed by atoms with Crippen LogP contribution in [0.25, 0.3) is 10.2 Å². The molecular formula is C19H18N4O4S. The molecule has 0 saturated carbocycles. The van der Waals surface area contributed by atoms with Crippen LogP contribution in [-0.2, 0) is 12.8 Å². The number of rotatable bonds is 4. The van der Waals surface area contributed by atoms with Crippen molar-refractivity contribution in [2.24, 2.45) is 5.10 Å². The van der Waals surface area contributed by atoms with Gasteiger partial charge in [-0.15, -0.1) is 11.3 Å². The van der Waals surface area contributed by atoms with Gasteiger partial charge in [-0.3, -0.25) is 9.59 Å². The Morgan fingerprint density at radius 1 is 1.39 bits per heavy atom. The number of hydrogen-bond donors (Lipinski definition) is 3. The van der Waals surface area contributed by atoms with E-state index >= 15 is 0 Å². The van der Waals surface area contributed by atoms with Crippen LogP contribution in [0.15, 0.2) is 28.1 Å². The summed E-state index contributed by atoms with van der Waals surface area (Å²) in [5.41, 5.74) is 3.76. The van der Waals surface area contributed by atoms with Crippen molar-refractivity contribution in [2.45, 2.75) is 25.7 Å². The number of hydrogen-bond acceptors (Lipinski definition) is 7. The number of thiophene rings is 1. The lowest BCUT2D eigenvalue weighted by Crippen LogP contribution is -2.24. The van der Waals surface area contributed by atoms with Crippen molar-refractivity contribution in [3.8, 4) is 11.5 Å². The molecule has 2 aromatic heterocycles. The Labute approximate surface area is 163 Å². The van der Waals surface area contributed by atoms with Crippen LogP contribution in [0.4, 0.5) is 0 Å². The van der Waals surface area contributed by atoms with Gasteiger partial charge in [0.25, 0.3) is 5.56 Å². The average Bonchev–Trinajstić information content (AvgIpc) is 3.08. The predicted molar refractivity (Wildman–Crippen MR) is 107 cm³/mol. The van der Waals surface area contributed by atoms with Crippen molar-refractivity contribution in [3.63, 3.8) is 0 Å². The SMILES string of the molecule is COc1cc(/C=N/NC(=O)c2nc3sc4c(c3c(=O)[nH]2)CCCC4)ccc1O. The lowest BCUT2D eigenvalue weighted by Gasteiger charge is -2.09. The van der Waals surface area contributed by atoms with Crippen LogP contribution >= 0.6 is 11.3 Å². The topological polar surface area (TPSA) is 117 Å². The van der Waals surface area contributed by atoms with Crippen molar-refractivity contribution >= 4 is 33.7 Å². The highest BCUT2D eigenvalue weighted by Gasteiger charge is 2.21. The molecule has 0 bridgehead atoms. The quantitative estimate of drug-likeness (QED) is 0.461. The minimum atomic E-state index is -0.604. The van der Waals surface area contributed by atoms with Crippen molar-refractivity contribution in [3.05, 3.63) is 50.4 Å². The third kappa shape index (κ3) is 3.36. The molecule has 8 nitrogen and oxygen atoms in total. The minimum Gasteiger partial charge on any atom is -0.504 e. The number of carbonyl (C=O) groups is 1. The molecular weight excluding hydrogens is 380 g/mol. The van der Waals surface area contributed by atoms with Crippen LogP contribution in [0.2, 0.25) is 0 Å². The maximum absolute atomic E-state index is 12.5. The van der Waals surface area contributed by atoms with Crippen LogP contribution < -0.4 is 15.7 Å². The van der Waals surface area contributed by atoms with E-state index in [0.29, 0.717) is 21.5 Å². The van der Waals surface area contributed by atoms with Gasteiger partial charge in [0, 0.05) is 4.88 Å². The van der Waals surface area contributed by atoms with E-state index in [0.717, 1.165) is 31.2 Å². The molecule has 1 amide bonds. The van der Waals surface area contributed by atoms with Gasteiger partial charge in [0.1, 0.15) is 4.83 Å². The second-order valence-electron chi connectivity index (χ2n) is 6.44. The molecule has 0 spiro atoms. The van der Waals surface area contributed by atoms with Crippen molar-refractivity contribution < 1.29 is 14.6 Å². The number of amides is 1. The molecule has 0 atom stereocenters. The van der Waals surface area contributed by atoms with Crippen LogP contribution in [-0.4, -0.2) is 34.3 Å². The fraction of sp³-hybridized carbons (Fsp3) is 0.263. The van der Waals surface area contributed by atoms with E-state index < -0.39 is 5.91 Å². The number of nitrogens with one attached hydrogen (secondary N) is 2. The van der Waals surface area contributed by atoms with E-state index in [2.05, 4.69) is 20.5 Å². The standard InChI is InChI=1S/C19H18N4O4S/c1-27-13-8-10(6-7-12(13)24)9-20-23-18(26)16-21-17(25)15-11-4-2-3-5-14(11)28-19(15)22-16/h6-9,24H,2-5H2,1H3,(H,23,26)(H,21,22,25)/b20-9+. The number of fused-ring (bicyclic) bond motifs is 3. The first kappa shape index (κ1) is 18.2. The molecule has 144 valence electrons. The van der Waals surface area contributed by atoms with E-state index in [1.54, 1.807) is 12.1 Å². The van der Waals surface area contributed by atoms with Crippen LogP contribution in [0.1, 0.15) is 39.5 Å². The Bertz CT molecular complexity index is 1150. The summed E-state index contributed by atoms with van der Waals surface area (Å²) in [6, 6.07) is 4.66. The van der Waals surface area contributed by atoms with Gasteiger partial charge in [0.2, 0.25) is 5.82 Å². The molecule has 28 heavy (non-hydrogen) atoms. The Morgan fingerprint density at radius 3 is 3.04 bits per heavy atom. The number of aromatic hydroxyl groups is 1. The van der Waals surface area contributed by atoms with Gasteiger partial charge < -0.3 is 14.8 Å². The third-order valence-electron chi connectivity index (χ3n) is 4.62. The van der Waals surface area contributed by atoms with E-state index in [-0.39, 0.29) is 17.1 Å². The molecule has 0 aliphatic heterocycles. The smallest absolute Gasteiger partial charge is 0.307 e. The van der Waals surface area contributed by atoms with Gasteiger partial charge in [-0.05, 0) is 55.0 Å². The van der Waals surface area contributed by atoms with Crippen LogP contribution in [0.5, 0.6) is 11.5 Å². The number of phenolic OH excluding ortho intramolecular Hbond substituents is 1. The monoisotopic (exact) mass is 398 g/mol. The summed E-state index contributed by atoms with van der Waals surface area (Å²) in [5, 5.41) is 14.1. The predicted octanol–water partition coefficient (Wildman–Crippen LogP) is 2.34. The van der Waals surface area contributed by atoms with E-state index in [9.17, 15) is 14.7 Å². The minimum absolute atomic E-state index is 0.0115. The molecule has 4 rings (SSSR count). The van der Waals surface area contributed by atoms with E-state index in [1.165, 1.54) is 35.6 Å². The number of phenols is 1. The summed E-state index contributed by atoms with van der Waals surface area (Å²) in [6.45, 7) is 0. The number of aryl methyl sites for hydroxylation is 2. The van der Waals surface area contributed by atoms with E-state index in [4.69, 9.17) is 4.74 Å². The molecule has 0 saturated heterocycles. The van der Waals surface area contributed by atoms with Crippen molar-refractivity contribution in [2.75, 3.05) is 7.11 Å². The zero-order chi connectivity index (χ0) is 19.7. The Kier molecular flexibility index (Phi) is 4.82. The van der Waals surface area contributed by atoms with Gasteiger partial charge in [-0.1, -0.05) is 0 Å². The molecule has 9 heteroatoms. The Morgan fingerprint density at radius 2 is 2.21 bits per heavy atom. The van der Waals surface area contributed by atoms with Gasteiger partial charge in [0.15, 0.2) is 11.5 Å². The maximum Gasteiger partial charge on any atom is 0.307 e. The van der Waals surface area contributed by atoms with Gasteiger partial charge in [-0.2, -0.15) is 5.10 Å². The summed E-state index contributed by atoms with van der Waals surface area (Å²) < 4.78 is 5.02. The maximum atomic E-state index is 12.5. The molecule has 3 N–H and O–H groups in total. The van der Waals surface area contributed by atoms with Crippen LogP contribution in [0.3, 0.4) is 0 Å². The first-order chi connectivity index (χ1) is 13.6. The number of ether oxygens (including phenoxy) is 1. The average molecular weight is 398 g/mol. The molecule has 1 aromatic carbocycles. The van der Waals surface area contributed by atoms with Gasteiger partial charge in [0.05, 0.1) is 18.7 Å².